The van der Waals surface area contributed by atoms with Crippen molar-refractivity contribution in [2.24, 2.45) is 0 Å². The van der Waals surface area contributed by atoms with Crippen LogP contribution in [-0.4, -0.2) is 60.8 Å². The molecule has 1 aromatic rings. The van der Waals surface area contributed by atoms with Crippen LogP contribution in [0.15, 0.2) is 18.2 Å². The van der Waals surface area contributed by atoms with E-state index in [4.69, 9.17) is 16.3 Å². The lowest BCUT2D eigenvalue weighted by Gasteiger charge is -2.38. The highest BCUT2D eigenvalue weighted by Gasteiger charge is 2.30. The molecule has 0 bridgehead atoms. The first-order valence-electron chi connectivity index (χ1n) is 8.44. The summed E-state index contributed by atoms with van der Waals surface area (Å²) in [5.74, 6) is 1.14. The largest absolute Gasteiger partial charge is 0.376 e. The van der Waals surface area contributed by atoms with E-state index < -0.39 is 0 Å². The fraction of sp³-hybridized carbons (Fsp3) is 0.588. The van der Waals surface area contributed by atoms with Crippen LogP contribution in [0, 0.1) is 5.82 Å². The Morgan fingerprint density at radius 3 is 3.12 bits per heavy atom. The van der Waals surface area contributed by atoms with Gasteiger partial charge in [-0.05, 0) is 19.1 Å². The van der Waals surface area contributed by atoms with Gasteiger partial charge in [-0.15, -0.1) is 11.8 Å². The minimum Gasteiger partial charge on any atom is -0.376 e. The highest BCUT2D eigenvalue weighted by molar-refractivity contribution is 7.99. The minimum atomic E-state index is -0.347. The SMILES string of the molecule is CC1CN(C(CNC(=O)C2CSCN2)c2c(F)cccc2Cl)CCO1. The van der Waals surface area contributed by atoms with Gasteiger partial charge >= 0.3 is 0 Å². The van der Waals surface area contributed by atoms with Gasteiger partial charge in [0.2, 0.25) is 5.91 Å². The number of morpholine rings is 1. The van der Waals surface area contributed by atoms with Crippen LogP contribution in [0.5, 0.6) is 0 Å². The molecule has 0 radical (unpaired) electrons. The molecule has 2 aliphatic rings. The van der Waals surface area contributed by atoms with Crippen molar-refractivity contribution < 1.29 is 13.9 Å². The Morgan fingerprint density at radius 2 is 2.44 bits per heavy atom. The second-order valence-corrected chi connectivity index (χ2v) is 7.78. The summed E-state index contributed by atoms with van der Waals surface area (Å²) in [4.78, 5) is 14.5. The van der Waals surface area contributed by atoms with Crippen molar-refractivity contribution in [2.45, 2.75) is 25.1 Å². The molecule has 2 heterocycles. The van der Waals surface area contributed by atoms with Crippen LogP contribution >= 0.6 is 23.4 Å². The molecule has 0 aliphatic carbocycles. The van der Waals surface area contributed by atoms with Gasteiger partial charge in [-0.1, -0.05) is 17.7 Å². The molecule has 1 aromatic carbocycles. The van der Waals surface area contributed by atoms with Gasteiger partial charge in [0.15, 0.2) is 0 Å². The number of rotatable bonds is 5. The van der Waals surface area contributed by atoms with Crippen LogP contribution in [0.25, 0.3) is 0 Å². The molecule has 5 nitrogen and oxygen atoms in total. The third-order valence-corrected chi connectivity index (χ3v) is 5.82. The number of carbonyl (C=O) groups is 1. The molecule has 2 N–H and O–H groups in total. The summed E-state index contributed by atoms with van der Waals surface area (Å²) >= 11 is 7.99. The molecule has 0 aromatic heterocycles. The summed E-state index contributed by atoms with van der Waals surface area (Å²) in [6, 6.07) is 4.19. The van der Waals surface area contributed by atoms with E-state index in [2.05, 4.69) is 15.5 Å². The van der Waals surface area contributed by atoms with E-state index in [-0.39, 0.29) is 29.9 Å². The predicted molar refractivity (Wildman–Crippen MR) is 98.4 cm³/mol. The molecule has 3 rings (SSSR count). The molecule has 3 unspecified atom stereocenters. The van der Waals surface area contributed by atoms with Gasteiger partial charge in [0.25, 0.3) is 0 Å². The van der Waals surface area contributed by atoms with Crippen molar-refractivity contribution in [3.05, 3.63) is 34.6 Å². The molecule has 8 heteroatoms. The molecule has 2 aliphatic heterocycles. The van der Waals surface area contributed by atoms with Crippen molar-refractivity contribution in [3.8, 4) is 0 Å². The predicted octanol–water partition coefficient (Wildman–Crippen LogP) is 2.02. The number of carbonyl (C=O) groups excluding carboxylic acids is 1. The molecule has 2 fully saturated rings. The molecule has 138 valence electrons. The van der Waals surface area contributed by atoms with Crippen LogP contribution in [0.3, 0.4) is 0 Å². The van der Waals surface area contributed by atoms with Gasteiger partial charge in [0.05, 0.1) is 24.8 Å². The molecule has 0 saturated carbocycles. The maximum Gasteiger partial charge on any atom is 0.238 e. The lowest BCUT2D eigenvalue weighted by molar-refractivity contribution is -0.122. The molecule has 3 atom stereocenters. The summed E-state index contributed by atoms with van der Waals surface area (Å²) in [7, 11) is 0. The third kappa shape index (κ3) is 4.65. The molecule has 2 saturated heterocycles. The molecule has 1 amide bonds. The number of halogens is 2. The number of ether oxygens (including phenoxy) is 1. The lowest BCUT2D eigenvalue weighted by Crippen LogP contribution is -2.49. The first-order chi connectivity index (χ1) is 12.1. The Hall–Kier alpha value is -0.860. The van der Waals surface area contributed by atoms with Crippen LogP contribution in [0.2, 0.25) is 5.02 Å². The van der Waals surface area contributed by atoms with Gasteiger partial charge in [-0.2, -0.15) is 0 Å². The number of nitrogens with one attached hydrogen (secondary N) is 2. The summed E-state index contributed by atoms with van der Waals surface area (Å²) < 4.78 is 20.1. The number of hydrogen-bond donors (Lipinski definition) is 2. The molecular formula is C17H23ClFN3O2S. The van der Waals surface area contributed by atoms with Crippen molar-refractivity contribution in [1.29, 1.82) is 0 Å². The Balaban J connectivity index is 1.77. The summed E-state index contributed by atoms with van der Waals surface area (Å²) in [6.07, 6.45) is 0.0606. The standard InChI is InChI=1S/C17H23ClFN3O2S/c1-11-8-22(5-6-24-11)15(16-12(18)3-2-4-13(16)19)7-20-17(23)14-9-25-10-21-14/h2-4,11,14-15,21H,5-10H2,1H3,(H,20,23). The third-order valence-electron chi connectivity index (χ3n) is 4.55. The fourth-order valence-corrected chi connectivity index (χ4v) is 4.49. The van der Waals surface area contributed by atoms with Gasteiger partial charge in [0.1, 0.15) is 5.82 Å². The topological polar surface area (TPSA) is 53.6 Å². The summed E-state index contributed by atoms with van der Waals surface area (Å²) in [5, 5.41) is 6.50. The van der Waals surface area contributed by atoms with E-state index >= 15 is 0 Å². The fourth-order valence-electron chi connectivity index (χ4n) is 3.26. The minimum absolute atomic E-state index is 0.0521. The maximum atomic E-state index is 14.5. The highest BCUT2D eigenvalue weighted by atomic mass is 35.5. The van der Waals surface area contributed by atoms with Gasteiger partial charge in [-0.25, -0.2) is 4.39 Å². The zero-order valence-electron chi connectivity index (χ0n) is 14.1. The van der Waals surface area contributed by atoms with Crippen molar-refractivity contribution in [1.82, 2.24) is 15.5 Å². The quantitative estimate of drug-likeness (QED) is 0.809. The van der Waals surface area contributed by atoms with Gasteiger partial charge < -0.3 is 10.1 Å². The van der Waals surface area contributed by atoms with Crippen LogP contribution in [0.4, 0.5) is 4.39 Å². The van der Waals surface area contributed by atoms with Crippen LogP contribution in [-0.2, 0) is 9.53 Å². The zero-order valence-corrected chi connectivity index (χ0v) is 15.7. The number of nitrogens with zero attached hydrogens (tertiary/aromatic N) is 1. The summed E-state index contributed by atoms with van der Waals surface area (Å²) in [6.45, 7) is 4.23. The smallest absolute Gasteiger partial charge is 0.238 e. The van der Waals surface area contributed by atoms with Gasteiger partial charge in [-0.3, -0.25) is 15.0 Å². The van der Waals surface area contributed by atoms with E-state index in [0.29, 0.717) is 36.8 Å². The Kier molecular flexibility index (Phi) is 6.57. The van der Waals surface area contributed by atoms with E-state index in [9.17, 15) is 9.18 Å². The lowest BCUT2D eigenvalue weighted by atomic mass is 10.0. The van der Waals surface area contributed by atoms with Crippen molar-refractivity contribution in [3.63, 3.8) is 0 Å². The van der Waals surface area contributed by atoms with Crippen LogP contribution < -0.4 is 10.6 Å². The summed E-state index contributed by atoms with van der Waals surface area (Å²) in [5.41, 5.74) is 0.437. The molecular weight excluding hydrogens is 365 g/mol. The average molecular weight is 388 g/mol. The van der Waals surface area contributed by atoms with E-state index in [1.165, 1.54) is 6.07 Å². The number of benzene rings is 1. The van der Waals surface area contributed by atoms with Gasteiger partial charge in [0, 0.05) is 41.8 Å². The Labute approximate surface area is 156 Å². The van der Waals surface area contributed by atoms with E-state index in [1.54, 1.807) is 23.9 Å². The first kappa shape index (κ1) is 18.9. The monoisotopic (exact) mass is 387 g/mol. The molecule has 0 spiro atoms. The van der Waals surface area contributed by atoms with Crippen molar-refractivity contribution in [2.75, 3.05) is 37.9 Å². The number of amides is 1. The number of hydrogen-bond acceptors (Lipinski definition) is 5. The zero-order chi connectivity index (χ0) is 17.8. The highest BCUT2D eigenvalue weighted by Crippen LogP contribution is 2.31. The average Bonchev–Trinajstić information content (AvgIpc) is 3.12. The normalized spacial score (nSPS) is 25.7. The second-order valence-electron chi connectivity index (χ2n) is 6.34. The Morgan fingerprint density at radius 1 is 1.60 bits per heavy atom. The molecule has 25 heavy (non-hydrogen) atoms. The second kappa shape index (κ2) is 8.68. The van der Waals surface area contributed by atoms with E-state index in [1.807, 2.05) is 6.92 Å². The number of thioether (sulfide) groups is 1. The Bertz CT molecular complexity index is 595. The van der Waals surface area contributed by atoms with Crippen LogP contribution in [0.1, 0.15) is 18.5 Å². The van der Waals surface area contributed by atoms with E-state index in [0.717, 1.165) is 11.6 Å². The maximum absolute atomic E-state index is 14.5. The first-order valence-corrected chi connectivity index (χ1v) is 9.98. The van der Waals surface area contributed by atoms with Crippen molar-refractivity contribution >= 4 is 29.3 Å².